The normalized spacial score (nSPS) is 15.0. The number of ether oxygens (including phenoxy) is 3. The maximum absolute atomic E-state index is 13.0. The van der Waals surface area contributed by atoms with Crippen LogP contribution >= 0.6 is 0 Å². The van der Waals surface area contributed by atoms with Gasteiger partial charge in [0.15, 0.2) is 11.5 Å². The van der Waals surface area contributed by atoms with Gasteiger partial charge < -0.3 is 25.4 Å². The van der Waals surface area contributed by atoms with Crippen molar-refractivity contribution in [2.24, 2.45) is 0 Å². The lowest BCUT2D eigenvalue weighted by Crippen LogP contribution is -2.37. The molecule has 212 valence electrons. The van der Waals surface area contributed by atoms with Gasteiger partial charge in [0.1, 0.15) is 22.9 Å². The van der Waals surface area contributed by atoms with Crippen LogP contribution < -0.4 is 15.9 Å². The van der Waals surface area contributed by atoms with Crippen LogP contribution in [0.2, 0.25) is 0 Å². The van der Waals surface area contributed by atoms with Crippen molar-refractivity contribution in [1.29, 1.82) is 0 Å². The second-order valence-electron chi connectivity index (χ2n) is 10.2. The molecule has 0 radical (unpaired) electrons. The summed E-state index contributed by atoms with van der Waals surface area (Å²) in [6.07, 6.45) is 2.39. The molecule has 12 nitrogen and oxygen atoms in total. The fraction of sp³-hybridized carbons (Fsp3) is 0.393. The third-order valence-electron chi connectivity index (χ3n) is 6.22. The number of hydrogen-bond acceptors (Lipinski definition) is 9. The number of nitrogens with two attached hydrogens (primary N) is 1. The van der Waals surface area contributed by atoms with Crippen molar-refractivity contribution in [2.45, 2.75) is 52.2 Å². The summed E-state index contributed by atoms with van der Waals surface area (Å²) >= 11 is 0. The fourth-order valence-electron chi connectivity index (χ4n) is 4.43. The number of methoxy groups -OCH3 is 1. The zero-order chi connectivity index (χ0) is 29.0. The van der Waals surface area contributed by atoms with Crippen LogP contribution in [-0.4, -0.2) is 63.4 Å². The van der Waals surface area contributed by atoms with Crippen LogP contribution in [0.25, 0.3) is 11.3 Å². The third-order valence-corrected chi connectivity index (χ3v) is 6.22. The quantitative estimate of drug-likeness (QED) is 0.326. The van der Waals surface area contributed by atoms with E-state index in [1.54, 1.807) is 69.0 Å². The highest BCUT2D eigenvalue weighted by molar-refractivity contribution is 6.04. The number of benzene rings is 1. The molecular formula is C28H34N6O6. The number of pyridine rings is 1. The van der Waals surface area contributed by atoms with Crippen molar-refractivity contribution in [2.75, 3.05) is 31.4 Å². The average Bonchev–Trinajstić information content (AvgIpc) is 3.52. The lowest BCUT2D eigenvalue weighted by molar-refractivity contribution is 0.0216. The molecular weight excluding hydrogens is 516 g/mol. The second-order valence-corrected chi connectivity index (χ2v) is 10.2. The van der Waals surface area contributed by atoms with Gasteiger partial charge in [0.05, 0.1) is 19.8 Å². The molecule has 1 aliphatic rings. The number of likely N-dealkylation sites (tertiary alicyclic amines) is 1. The van der Waals surface area contributed by atoms with Crippen LogP contribution in [0.1, 0.15) is 73.2 Å². The Balaban J connectivity index is 1.65. The van der Waals surface area contributed by atoms with E-state index in [0.717, 1.165) is 6.42 Å². The summed E-state index contributed by atoms with van der Waals surface area (Å²) in [6.45, 7) is 7.71. The first kappa shape index (κ1) is 28.4. The predicted octanol–water partition coefficient (Wildman–Crippen LogP) is 4.17. The molecule has 1 aliphatic heterocycles. The predicted molar refractivity (Wildman–Crippen MR) is 147 cm³/mol. The van der Waals surface area contributed by atoms with E-state index >= 15 is 0 Å². The molecule has 1 unspecified atom stereocenters. The van der Waals surface area contributed by atoms with Crippen molar-refractivity contribution in [3.8, 4) is 17.0 Å². The van der Waals surface area contributed by atoms with E-state index in [0.29, 0.717) is 41.5 Å². The standard InChI is InChI=1S/C28H34N6O6/c1-6-39-26(36)23-22(32-24(34(23)29)20-8-7-15-33(20)27(37)40-28(2,3)4)17-9-11-18(12-10-17)25(35)31-21-16-19(38-5)13-14-30-21/h9-14,16,20H,6-8,15,29H2,1-5H3,(H,30,31,35). The lowest BCUT2D eigenvalue weighted by Gasteiger charge is -2.28. The fourth-order valence-corrected chi connectivity index (χ4v) is 4.43. The van der Waals surface area contributed by atoms with Crippen LogP contribution in [0.15, 0.2) is 42.6 Å². The van der Waals surface area contributed by atoms with Crippen LogP contribution in [0, 0.1) is 0 Å². The number of nitrogens with zero attached hydrogens (tertiary/aromatic N) is 4. The number of imidazole rings is 1. The molecule has 3 aromatic rings. The molecule has 40 heavy (non-hydrogen) atoms. The molecule has 1 aromatic carbocycles. The van der Waals surface area contributed by atoms with E-state index < -0.39 is 23.7 Å². The molecule has 4 rings (SSSR count). The zero-order valence-electron chi connectivity index (χ0n) is 23.3. The van der Waals surface area contributed by atoms with Gasteiger partial charge in [-0.05, 0) is 58.7 Å². The zero-order valence-corrected chi connectivity index (χ0v) is 23.3. The number of aromatic nitrogens is 3. The van der Waals surface area contributed by atoms with Crippen LogP contribution in [0.4, 0.5) is 10.6 Å². The summed E-state index contributed by atoms with van der Waals surface area (Å²) in [5.74, 6) is 6.65. The highest BCUT2D eigenvalue weighted by Crippen LogP contribution is 2.35. The number of nitrogen functional groups attached to an aromatic ring is 1. The summed E-state index contributed by atoms with van der Waals surface area (Å²) in [5.41, 5.74) is 0.580. The van der Waals surface area contributed by atoms with Gasteiger partial charge in [-0.1, -0.05) is 12.1 Å². The molecule has 1 atom stereocenters. The number of carbonyl (C=O) groups is 3. The van der Waals surface area contributed by atoms with E-state index in [1.807, 2.05) is 0 Å². The summed E-state index contributed by atoms with van der Waals surface area (Å²) < 4.78 is 17.2. The van der Waals surface area contributed by atoms with Gasteiger partial charge in [0.2, 0.25) is 0 Å². The number of anilines is 1. The molecule has 0 bridgehead atoms. The van der Waals surface area contributed by atoms with Gasteiger partial charge >= 0.3 is 12.1 Å². The highest BCUT2D eigenvalue weighted by Gasteiger charge is 2.38. The monoisotopic (exact) mass is 550 g/mol. The van der Waals surface area contributed by atoms with Crippen LogP contribution in [0.3, 0.4) is 0 Å². The number of esters is 1. The molecule has 0 spiro atoms. The topological polar surface area (TPSA) is 151 Å². The second kappa shape index (κ2) is 11.6. The molecule has 12 heteroatoms. The molecule has 1 saturated heterocycles. The van der Waals surface area contributed by atoms with Gasteiger partial charge in [-0.15, -0.1) is 0 Å². The number of hydrogen-bond donors (Lipinski definition) is 2. The minimum atomic E-state index is -0.666. The minimum Gasteiger partial charge on any atom is -0.497 e. The number of rotatable bonds is 7. The number of carbonyl (C=O) groups excluding carboxylic acids is 3. The van der Waals surface area contributed by atoms with Crippen LogP contribution in [0.5, 0.6) is 5.75 Å². The first-order valence-corrected chi connectivity index (χ1v) is 13.0. The Labute approximate surface area is 232 Å². The number of amides is 2. The third kappa shape index (κ3) is 6.16. The molecule has 0 aliphatic carbocycles. The molecule has 3 heterocycles. The average molecular weight is 551 g/mol. The van der Waals surface area contributed by atoms with Crippen molar-refractivity contribution in [3.63, 3.8) is 0 Å². The van der Waals surface area contributed by atoms with E-state index in [4.69, 9.17) is 25.0 Å². The minimum absolute atomic E-state index is 0.0469. The van der Waals surface area contributed by atoms with Crippen molar-refractivity contribution in [1.82, 2.24) is 19.5 Å². The molecule has 3 N–H and O–H groups in total. The Hall–Kier alpha value is -4.61. The maximum Gasteiger partial charge on any atom is 0.410 e. The van der Waals surface area contributed by atoms with Crippen molar-refractivity contribution < 1.29 is 28.6 Å². The van der Waals surface area contributed by atoms with Gasteiger partial charge in [-0.3, -0.25) is 9.69 Å². The van der Waals surface area contributed by atoms with Crippen molar-refractivity contribution >= 4 is 23.8 Å². The Bertz CT molecular complexity index is 1400. The molecule has 2 aromatic heterocycles. The SMILES string of the molecule is CCOC(=O)c1c(-c2ccc(C(=O)Nc3cc(OC)ccn3)cc2)nc(C2CCCN2C(=O)OC(C)(C)C)n1N. The van der Waals surface area contributed by atoms with E-state index in [2.05, 4.69) is 10.3 Å². The number of nitrogens with one attached hydrogen (secondary N) is 1. The molecule has 1 fully saturated rings. The summed E-state index contributed by atoms with van der Waals surface area (Å²) in [4.78, 5) is 49.1. The first-order chi connectivity index (χ1) is 19.0. The summed E-state index contributed by atoms with van der Waals surface area (Å²) in [5, 5.41) is 2.73. The Morgan fingerprint density at radius 3 is 2.52 bits per heavy atom. The Morgan fingerprint density at radius 1 is 1.15 bits per heavy atom. The van der Waals surface area contributed by atoms with Gasteiger partial charge in [-0.25, -0.2) is 24.2 Å². The summed E-state index contributed by atoms with van der Waals surface area (Å²) in [6, 6.07) is 9.36. The van der Waals surface area contributed by atoms with Gasteiger partial charge in [0, 0.05) is 29.9 Å². The van der Waals surface area contributed by atoms with Gasteiger partial charge in [-0.2, -0.15) is 0 Å². The summed E-state index contributed by atoms with van der Waals surface area (Å²) in [7, 11) is 1.53. The first-order valence-electron chi connectivity index (χ1n) is 13.0. The maximum atomic E-state index is 13.0. The smallest absolute Gasteiger partial charge is 0.410 e. The largest absolute Gasteiger partial charge is 0.497 e. The Kier molecular flexibility index (Phi) is 8.26. The van der Waals surface area contributed by atoms with E-state index in [-0.39, 0.29) is 23.9 Å². The molecule has 0 saturated carbocycles. The van der Waals surface area contributed by atoms with E-state index in [1.165, 1.54) is 18.0 Å². The Morgan fingerprint density at radius 2 is 1.88 bits per heavy atom. The van der Waals surface area contributed by atoms with Crippen LogP contribution in [-0.2, 0) is 9.47 Å². The highest BCUT2D eigenvalue weighted by atomic mass is 16.6. The van der Waals surface area contributed by atoms with E-state index in [9.17, 15) is 14.4 Å². The van der Waals surface area contributed by atoms with Gasteiger partial charge in [0.25, 0.3) is 5.91 Å². The lowest BCUT2D eigenvalue weighted by atomic mass is 10.1. The molecule has 2 amide bonds. The van der Waals surface area contributed by atoms with Crippen molar-refractivity contribution in [3.05, 3.63) is 59.7 Å².